The van der Waals surface area contributed by atoms with Gasteiger partial charge in [0.1, 0.15) is 0 Å². The summed E-state index contributed by atoms with van der Waals surface area (Å²) in [5.41, 5.74) is 4.62. The van der Waals surface area contributed by atoms with Gasteiger partial charge in [-0.2, -0.15) is 0 Å². The Bertz CT molecular complexity index is 83.0. The Morgan fingerprint density at radius 2 is 2.57 bits per heavy atom. The van der Waals surface area contributed by atoms with E-state index in [1.54, 1.807) is 0 Å². The molecule has 0 aromatic heterocycles. The van der Waals surface area contributed by atoms with Crippen LogP contribution in [0.5, 0.6) is 0 Å². The topological polar surface area (TPSA) is 67.5 Å². The predicted molar refractivity (Wildman–Crippen MR) is 29.9 cm³/mol. The third kappa shape index (κ3) is 5.29. The Morgan fingerprint density at radius 1 is 2.00 bits per heavy atom. The zero-order valence-corrected chi connectivity index (χ0v) is 4.36. The van der Waals surface area contributed by atoms with Gasteiger partial charge in [0.15, 0.2) is 0 Å². The zero-order valence-electron chi connectivity index (χ0n) is 3.55. The molecular weight excluding hydrogens is 114 g/mol. The lowest BCUT2D eigenvalue weighted by Gasteiger charge is -1.87. The Hall–Kier alpha value is -0.710. The summed E-state index contributed by atoms with van der Waals surface area (Å²) in [4.78, 5) is 9.76. The number of amides is 2. The fraction of sp³-hybridized carbons (Fsp3) is 0. The predicted octanol–water partition coefficient (Wildman–Crippen LogP) is -0.0815. The Balaban J connectivity index is 2.97. The van der Waals surface area contributed by atoms with Crippen LogP contribution in [0.1, 0.15) is 0 Å². The van der Waals surface area contributed by atoms with E-state index in [0.29, 0.717) is 0 Å². The summed E-state index contributed by atoms with van der Waals surface area (Å²) in [6, 6.07) is -0.614. The highest BCUT2D eigenvalue weighted by Crippen LogP contribution is 1.87. The van der Waals surface area contributed by atoms with E-state index in [4.69, 9.17) is 0 Å². The van der Waals surface area contributed by atoms with E-state index in [1.165, 1.54) is 0 Å². The van der Waals surface area contributed by atoms with Crippen molar-refractivity contribution in [3.05, 3.63) is 0 Å². The highest BCUT2D eigenvalue weighted by atomic mass is 32.2. The molecule has 0 rings (SSSR count). The van der Waals surface area contributed by atoms with Gasteiger partial charge >= 0.3 is 6.03 Å². The van der Waals surface area contributed by atoms with Crippen LogP contribution in [0.15, 0.2) is 4.40 Å². The molecule has 0 aliphatic heterocycles. The molecule has 5 heteroatoms. The quantitative estimate of drug-likeness (QED) is 0.394. The average Bonchev–Trinajstić information content (AvgIpc) is 1.61. The number of nitrogens with zero attached hydrogens (tertiary/aromatic N) is 1. The van der Waals surface area contributed by atoms with E-state index in [2.05, 4.69) is 21.6 Å². The van der Waals surface area contributed by atoms with Crippen LogP contribution in [-0.4, -0.2) is 12.7 Å². The SMILES string of the molecule is C=NSNC(N)=O. The third-order valence-corrected chi connectivity index (χ3v) is 0.632. The molecule has 0 aliphatic rings. The molecule has 0 bridgehead atoms. The first-order chi connectivity index (χ1) is 3.27. The van der Waals surface area contributed by atoms with Gasteiger partial charge in [0.25, 0.3) is 0 Å². The lowest BCUT2D eigenvalue weighted by atomic mass is 11.2. The largest absolute Gasteiger partial charge is 0.351 e. The molecule has 3 N–H and O–H groups in total. The van der Waals surface area contributed by atoms with Gasteiger partial charge in [-0.1, -0.05) is 0 Å². The van der Waals surface area contributed by atoms with Crippen LogP contribution >= 0.6 is 12.1 Å². The lowest BCUT2D eigenvalue weighted by Crippen LogP contribution is -2.22. The van der Waals surface area contributed by atoms with Crippen LogP contribution in [0.25, 0.3) is 0 Å². The highest BCUT2D eigenvalue weighted by Gasteiger charge is 1.83. The van der Waals surface area contributed by atoms with Crippen molar-refractivity contribution in [3.63, 3.8) is 0 Å². The number of nitrogens with one attached hydrogen (secondary N) is 1. The van der Waals surface area contributed by atoms with Crippen LogP contribution in [-0.2, 0) is 0 Å². The molecule has 0 fully saturated rings. The highest BCUT2D eigenvalue weighted by molar-refractivity contribution is 7.96. The first-order valence-corrected chi connectivity index (χ1v) is 2.22. The molecule has 40 valence electrons. The van der Waals surface area contributed by atoms with Crippen molar-refractivity contribution < 1.29 is 4.79 Å². The second-order valence-electron chi connectivity index (χ2n) is 0.687. The summed E-state index contributed by atoms with van der Waals surface area (Å²) in [5.74, 6) is 0. The maximum atomic E-state index is 9.76. The molecule has 0 saturated heterocycles. The Labute approximate surface area is 45.4 Å². The Morgan fingerprint density at radius 3 is 2.71 bits per heavy atom. The molecular formula is C2H5N3OS. The summed E-state index contributed by atoms with van der Waals surface area (Å²) in [7, 11) is 0. The first-order valence-electron chi connectivity index (χ1n) is 1.45. The number of urea groups is 1. The summed E-state index contributed by atoms with van der Waals surface area (Å²) in [6.07, 6.45) is 0. The zero-order chi connectivity index (χ0) is 5.70. The van der Waals surface area contributed by atoms with E-state index < -0.39 is 6.03 Å². The molecule has 7 heavy (non-hydrogen) atoms. The van der Waals surface area contributed by atoms with Gasteiger partial charge in [-0.3, -0.25) is 4.72 Å². The van der Waals surface area contributed by atoms with Crippen molar-refractivity contribution in [1.29, 1.82) is 0 Å². The van der Waals surface area contributed by atoms with Crippen molar-refractivity contribution >= 4 is 24.9 Å². The lowest BCUT2D eigenvalue weighted by molar-refractivity contribution is 0.254. The molecule has 0 aromatic carbocycles. The van der Waals surface area contributed by atoms with E-state index in [9.17, 15) is 4.79 Å². The summed E-state index contributed by atoms with van der Waals surface area (Å²) in [6.45, 7) is 3.08. The van der Waals surface area contributed by atoms with Gasteiger partial charge < -0.3 is 5.73 Å². The van der Waals surface area contributed by atoms with E-state index in [1.807, 2.05) is 0 Å². The van der Waals surface area contributed by atoms with Crippen LogP contribution < -0.4 is 10.5 Å². The summed E-state index contributed by atoms with van der Waals surface area (Å²) < 4.78 is 5.35. The van der Waals surface area contributed by atoms with Crippen molar-refractivity contribution in [2.45, 2.75) is 0 Å². The maximum Gasteiger partial charge on any atom is 0.323 e. The van der Waals surface area contributed by atoms with Crippen molar-refractivity contribution in [3.8, 4) is 0 Å². The Kier molecular flexibility index (Phi) is 3.13. The van der Waals surface area contributed by atoms with Crippen LogP contribution in [0, 0.1) is 0 Å². The molecule has 0 radical (unpaired) electrons. The van der Waals surface area contributed by atoms with Gasteiger partial charge in [-0.15, -0.1) is 0 Å². The normalized spacial score (nSPS) is 7.43. The van der Waals surface area contributed by atoms with E-state index in [-0.39, 0.29) is 0 Å². The van der Waals surface area contributed by atoms with Crippen LogP contribution in [0.4, 0.5) is 4.79 Å². The van der Waals surface area contributed by atoms with Crippen molar-refractivity contribution in [2.24, 2.45) is 10.1 Å². The number of carbonyl (C=O) groups is 1. The second kappa shape index (κ2) is 3.48. The van der Waals surface area contributed by atoms with E-state index in [0.717, 1.165) is 12.1 Å². The number of hydrogen-bond donors (Lipinski definition) is 2. The number of carbonyl (C=O) groups excluding carboxylic acids is 1. The van der Waals surface area contributed by atoms with Gasteiger partial charge in [-0.25, -0.2) is 9.19 Å². The number of nitrogens with two attached hydrogens (primary N) is 1. The molecule has 0 aliphatic carbocycles. The number of hydrogen-bond acceptors (Lipinski definition) is 3. The first kappa shape index (κ1) is 6.29. The molecule has 0 heterocycles. The molecule has 0 atom stereocenters. The fourth-order valence-corrected chi connectivity index (χ4v) is 0.232. The van der Waals surface area contributed by atoms with Gasteiger partial charge in [-0.05, 0) is 0 Å². The smallest absolute Gasteiger partial charge is 0.323 e. The second-order valence-corrected chi connectivity index (χ2v) is 1.33. The molecule has 0 saturated carbocycles. The molecule has 4 nitrogen and oxygen atoms in total. The third-order valence-electron chi connectivity index (χ3n) is 0.211. The van der Waals surface area contributed by atoms with Crippen molar-refractivity contribution in [2.75, 3.05) is 0 Å². The minimum absolute atomic E-state index is 0.614. The number of primary amides is 1. The number of rotatable bonds is 2. The van der Waals surface area contributed by atoms with Crippen LogP contribution in [0.2, 0.25) is 0 Å². The fourth-order valence-electron chi connectivity index (χ4n) is 0.0773. The minimum atomic E-state index is -0.614. The molecule has 2 amide bonds. The standard InChI is InChI=1S/C2H5N3OS/c1-4-7-5-2(3)6/h1H2,(H3,3,5,6). The van der Waals surface area contributed by atoms with E-state index >= 15 is 0 Å². The maximum absolute atomic E-state index is 9.76. The minimum Gasteiger partial charge on any atom is -0.351 e. The van der Waals surface area contributed by atoms with Crippen LogP contribution in [0.3, 0.4) is 0 Å². The summed E-state index contributed by atoms with van der Waals surface area (Å²) >= 11 is 0.806. The molecule has 0 aromatic rings. The van der Waals surface area contributed by atoms with Gasteiger partial charge in [0.05, 0.1) is 12.1 Å². The van der Waals surface area contributed by atoms with Gasteiger partial charge in [0.2, 0.25) is 0 Å². The summed E-state index contributed by atoms with van der Waals surface area (Å²) in [5, 5.41) is 0. The monoisotopic (exact) mass is 119 g/mol. The molecule has 0 unspecified atom stereocenters. The molecule has 0 spiro atoms. The van der Waals surface area contributed by atoms with Crippen molar-refractivity contribution in [1.82, 2.24) is 4.72 Å². The average molecular weight is 119 g/mol. The van der Waals surface area contributed by atoms with Gasteiger partial charge in [0, 0.05) is 6.72 Å².